The lowest BCUT2D eigenvalue weighted by Gasteiger charge is -2.15. The van der Waals surface area contributed by atoms with Crippen molar-refractivity contribution in [3.8, 4) is 6.07 Å². The Kier molecular flexibility index (Phi) is 6.17. The molecule has 1 N–H and O–H groups in total. The highest BCUT2D eigenvalue weighted by atomic mass is 16.1. The van der Waals surface area contributed by atoms with E-state index in [-0.39, 0.29) is 11.5 Å². The molecule has 0 atom stereocenters. The average molecular weight is 257 g/mol. The fourth-order valence-electron chi connectivity index (χ4n) is 1.60. The van der Waals surface area contributed by atoms with E-state index in [1.54, 1.807) is 6.20 Å². The third kappa shape index (κ3) is 4.84. The van der Waals surface area contributed by atoms with Crippen LogP contribution in [0.5, 0.6) is 0 Å². The lowest BCUT2D eigenvalue weighted by Crippen LogP contribution is -2.26. The minimum atomic E-state index is -0.335. The Bertz CT molecular complexity index is 470. The molecule has 0 aromatic heterocycles. The van der Waals surface area contributed by atoms with Gasteiger partial charge in [-0.3, -0.25) is 4.79 Å². The normalized spacial score (nSPS) is 10.7. The zero-order valence-electron chi connectivity index (χ0n) is 11.4. The van der Waals surface area contributed by atoms with Gasteiger partial charge < -0.3 is 10.2 Å². The number of nitriles is 1. The summed E-state index contributed by atoms with van der Waals surface area (Å²) in [5.41, 5.74) is 1.15. The first-order valence-corrected chi connectivity index (χ1v) is 6.39. The molecule has 1 rings (SSSR count). The van der Waals surface area contributed by atoms with Gasteiger partial charge >= 0.3 is 0 Å². The number of carbonyl (C=O) groups excluding carboxylic acids is 1. The lowest BCUT2D eigenvalue weighted by molar-refractivity contribution is -0.117. The van der Waals surface area contributed by atoms with Gasteiger partial charge in [-0.15, -0.1) is 0 Å². The zero-order chi connectivity index (χ0) is 14.1. The summed E-state index contributed by atoms with van der Waals surface area (Å²) in [6, 6.07) is 11.6. The molecule has 1 aromatic rings. The number of rotatable bonds is 6. The van der Waals surface area contributed by atoms with Crippen LogP contribution in [0.15, 0.2) is 42.1 Å². The van der Waals surface area contributed by atoms with Crippen LogP contribution in [0.3, 0.4) is 0 Å². The fraction of sp³-hybridized carbons (Fsp3) is 0.333. The van der Waals surface area contributed by atoms with Crippen molar-refractivity contribution in [1.82, 2.24) is 10.2 Å². The number of carbonyl (C=O) groups is 1. The van der Waals surface area contributed by atoms with Crippen LogP contribution in [0, 0.1) is 11.3 Å². The first kappa shape index (κ1) is 14.8. The molecule has 0 radical (unpaired) electrons. The van der Waals surface area contributed by atoms with Crippen molar-refractivity contribution >= 4 is 5.91 Å². The summed E-state index contributed by atoms with van der Waals surface area (Å²) in [4.78, 5) is 13.8. The molecule has 1 amide bonds. The Morgan fingerprint density at radius 1 is 1.32 bits per heavy atom. The van der Waals surface area contributed by atoms with E-state index >= 15 is 0 Å². The van der Waals surface area contributed by atoms with Crippen LogP contribution >= 0.6 is 0 Å². The van der Waals surface area contributed by atoms with Gasteiger partial charge in [0, 0.05) is 25.8 Å². The molecule has 4 nitrogen and oxygen atoms in total. The van der Waals surface area contributed by atoms with Crippen molar-refractivity contribution in [2.24, 2.45) is 0 Å². The molecule has 0 aliphatic heterocycles. The quantitative estimate of drug-likeness (QED) is 0.627. The third-order valence-corrected chi connectivity index (χ3v) is 2.79. The summed E-state index contributed by atoms with van der Waals surface area (Å²) in [5, 5.41) is 11.8. The van der Waals surface area contributed by atoms with Gasteiger partial charge in [0.2, 0.25) is 0 Å². The Morgan fingerprint density at radius 2 is 1.95 bits per heavy atom. The van der Waals surface area contributed by atoms with Crippen molar-refractivity contribution in [1.29, 1.82) is 5.26 Å². The molecule has 0 aliphatic carbocycles. The largest absolute Gasteiger partial charge is 0.377 e. The smallest absolute Gasteiger partial charge is 0.263 e. The first-order chi connectivity index (χ1) is 9.21. The van der Waals surface area contributed by atoms with Crippen LogP contribution in [0.1, 0.15) is 19.4 Å². The van der Waals surface area contributed by atoms with E-state index < -0.39 is 0 Å². The second-order valence-corrected chi connectivity index (χ2v) is 4.04. The first-order valence-electron chi connectivity index (χ1n) is 6.39. The van der Waals surface area contributed by atoms with Crippen molar-refractivity contribution < 1.29 is 4.79 Å². The molecule has 1 aromatic carbocycles. The monoisotopic (exact) mass is 257 g/mol. The standard InChI is InChI=1S/C15H19N3O/c1-3-18(4-2)12-14(10-16)15(19)17-11-13-8-6-5-7-9-13/h5-9,12H,3-4,11H2,1-2H3,(H,17,19)/b14-12-. The van der Waals surface area contributed by atoms with Gasteiger partial charge in [0.05, 0.1) is 0 Å². The maximum Gasteiger partial charge on any atom is 0.263 e. The van der Waals surface area contributed by atoms with Crippen molar-refractivity contribution in [2.75, 3.05) is 13.1 Å². The predicted molar refractivity (Wildman–Crippen MR) is 74.9 cm³/mol. The van der Waals surface area contributed by atoms with Crippen LogP contribution in [0.25, 0.3) is 0 Å². The van der Waals surface area contributed by atoms with Gasteiger partial charge in [0.25, 0.3) is 5.91 Å². The molecule has 19 heavy (non-hydrogen) atoms. The van der Waals surface area contributed by atoms with Crippen molar-refractivity contribution in [2.45, 2.75) is 20.4 Å². The number of amides is 1. The molecule has 0 heterocycles. The molecule has 0 fully saturated rings. The minimum absolute atomic E-state index is 0.139. The predicted octanol–water partition coefficient (Wildman–Crippen LogP) is 2.05. The summed E-state index contributed by atoms with van der Waals surface area (Å²) in [7, 11) is 0. The molecule has 0 aliphatic rings. The Balaban J connectivity index is 2.63. The van der Waals surface area contributed by atoms with Gasteiger partial charge in [0.1, 0.15) is 11.6 Å². The van der Waals surface area contributed by atoms with Gasteiger partial charge in [0.15, 0.2) is 0 Å². The molecule has 0 spiro atoms. The minimum Gasteiger partial charge on any atom is -0.377 e. The Labute approximate surface area is 114 Å². The molecular weight excluding hydrogens is 238 g/mol. The second-order valence-electron chi connectivity index (χ2n) is 4.04. The molecule has 0 saturated heterocycles. The number of hydrogen-bond acceptors (Lipinski definition) is 3. The van der Waals surface area contributed by atoms with E-state index in [1.807, 2.05) is 55.1 Å². The average Bonchev–Trinajstić information content (AvgIpc) is 2.47. The van der Waals surface area contributed by atoms with E-state index in [9.17, 15) is 4.79 Å². The maximum atomic E-state index is 11.9. The van der Waals surface area contributed by atoms with Crippen LogP contribution in [-0.4, -0.2) is 23.9 Å². The summed E-state index contributed by atoms with van der Waals surface area (Å²) in [6.07, 6.45) is 1.61. The molecule has 100 valence electrons. The maximum absolute atomic E-state index is 11.9. The molecule has 0 bridgehead atoms. The summed E-state index contributed by atoms with van der Waals surface area (Å²) >= 11 is 0. The third-order valence-electron chi connectivity index (χ3n) is 2.79. The van der Waals surface area contributed by atoms with E-state index in [0.29, 0.717) is 6.54 Å². The highest BCUT2D eigenvalue weighted by Crippen LogP contribution is 2.01. The number of nitrogens with zero attached hydrogens (tertiary/aromatic N) is 2. The molecule has 4 heteroatoms. The van der Waals surface area contributed by atoms with Gasteiger partial charge in [-0.25, -0.2) is 0 Å². The van der Waals surface area contributed by atoms with Crippen LogP contribution in [0.4, 0.5) is 0 Å². The highest BCUT2D eigenvalue weighted by Gasteiger charge is 2.09. The molecular formula is C15H19N3O. The topological polar surface area (TPSA) is 56.1 Å². The van der Waals surface area contributed by atoms with Crippen molar-refractivity contribution in [3.05, 3.63) is 47.7 Å². The molecule has 0 saturated carbocycles. The Hall–Kier alpha value is -2.28. The van der Waals surface area contributed by atoms with Crippen LogP contribution < -0.4 is 5.32 Å². The SMILES string of the molecule is CCN(/C=C(/C#N)C(=O)NCc1ccccc1)CC. The summed E-state index contributed by atoms with van der Waals surface area (Å²) < 4.78 is 0. The zero-order valence-corrected chi connectivity index (χ0v) is 11.4. The van der Waals surface area contributed by atoms with E-state index in [0.717, 1.165) is 18.7 Å². The Morgan fingerprint density at radius 3 is 2.47 bits per heavy atom. The summed E-state index contributed by atoms with van der Waals surface area (Å²) in [5.74, 6) is -0.335. The van der Waals surface area contributed by atoms with Gasteiger partial charge in [-0.05, 0) is 19.4 Å². The second kappa shape index (κ2) is 7.93. The van der Waals surface area contributed by atoms with Crippen LogP contribution in [-0.2, 0) is 11.3 Å². The highest BCUT2D eigenvalue weighted by molar-refractivity contribution is 5.97. The van der Waals surface area contributed by atoms with Crippen LogP contribution in [0.2, 0.25) is 0 Å². The van der Waals surface area contributed by atoms with Gasteiger partial charge in [-0.1, -0.05) is 30.3 Å². The van der Waals surface area contributed by atoms with E-state index in [2.05, 4.69) is 5.32 Å². The van der Waals surface area contributed by atoms with Crippen molar-refractivity contribution in [3.63, 3.8) is 0 Å². The molecule has 0 unspecified atom stereocenters. The fourth-order valence-corrected chi connectivity index (χ4v) is 1.60. The van der Waals surface area contributed by atoms with E-state index in [1.165, 1.54) is 0 Å². The lowest BCUT2D eigenvalue weighted by atomic mass is 10.2. The number of nitrogens with one attached hydrogen (secondary N) is 1. The number of benzene rings is 1. The number of hydrogen-bond donors (Lipinski definition) is 1. The summed E-state index contributed by atoms with van der Waals surface area (Å²) in [6.45, 7) is 5.94. The van der Waals surface area contributed by atoms with Gasteiger partial charge in [-0.2, -0.15) is 5.26 Å². The van der Waals surface area contributed by atoms with E-state index in [4.69, 9.17) is 5.26 Å².